The Morgan fingerprint density at radius 3 is 2.59 bits per heavy atom. The number of thiophene rings is 1. The average molecular weight is 549 g/mol. The van der Waals surface area contributed by atoms with E-state index in [1.165, 1.54) is 17.4 Å². The van der Waals surface area contributed by atoms with Crippen LogP contribution in [0.1, 0.15) is 56.7 Å². The van der Waals surface area contributed by atoms with Crippen LogP contribution in [0.2, 0.25) is 5.02 Å². The van der Waals surface area contributed by atoms with Crippen molar-refractivity contribution in [3.05, 3.63) is 68.8 Å². The van der Waals surface area contributed by atoms with Crippen LogP contribution in [0.25, 0.3) is 16.9 Å². The molecule has 4 aromatic rings. The molecule has 0 saturated heterocycles. The fourth-order valence-corrected chi connectivity index (χ4v) is 5.69. The van der Waals surface area contributed by atoms with Gasteiger partial charge in [0.05, 0.1) is 17.9 Å². The van der Waals surface area contributed by atoms with Crippen molar-refractivity contribution < 1.29 is 27.5 Å². The zero-order valence-electron chi connectivity index (χ0n) is 19.5. The quantitative estimate of drug-likeness (QED) is 0.290. The topological polar surface area (TPSA) is 85.6 Å². The Bertz CT molecular complexity index is 1510. The van der Waals surface area contributed by atoms with Crippen molar-refractivity contribution in [3.63, 3.8) is 0 Å². The van der Waals surface area contributed by atoms with Gasteiger partial charge in [-0.05, 0) is 56.4 Å². The van der Waals surface area contributed by atoms with Crippen molar-refractivity contribution in [3.8, 4) is 11.3 Å². The van der Waals surface area contributed by atoms with Crippen LogP contribution in [0, 0.1) is 0 Å². The lowest BCUT2D eigenvalue weighted by Crippen LogP contribution is -2.17. The van der Waals surface area contributed by atoms with Crippen LogP contribution in [0.5, 0.6) is 0 Å². The lowest BCUT2D eigenvalue weighted by Gasteiger charge is -2.12. The summed E-state index contributed by atoms with van der Waals surface area (Å²) in [5, 5.41) is 7.32. The molecule has 37 heavy (non-hydrogen) atoms. The lowest BCUT2D eigenvalue weighted by atomic mass is 9.95. The Morgan fingerprint density at radius 2 is 1.89 bits per heavy atom. The van der Waals surface area contributed by atoms with Crippen molar-refractivity contribution in [2.45, 2.75) is 38.8 Å². The summed E-state index contributed by atoms with van der Waals surface area (Å²) in [5.74, 6) is -1.29. The van der Waals surface area contributed by atoms with Gasteiger partial charge in [-0.1, -0.05) is 23.7 Å². The Hall–Kier alpha value is -3.44. The van der Waals surface area contributed by atoms with Crippen LogP contribution in [0.3, 0.4) is 0 Å². The number of amides is 1. The third-order valence-electron chi connectivity index (χ3n) is 5.97. The molecule has 3 heterocycles. The smallest absolute Gasteiger partial charge is 0.433 e. The molecule has 0 aliphatic heterocycles. The number of ether oxygens (including phenoxy) is 1. The van der Waals surface area contributed by atoms with E-state index < -0.39 is 23.7 Å². The van der Waals surface area contributed by atoms with Crippen molar-refractivity contribution in [1.29, 1.82) is 0 Å². The van der Waals surface area contributed by atoms with Crippen LogP contribution in [0.4, 0.5) is 18.2 Å². The predicted octanol–water partition coefficient (Wildman–Crippen LogP) is 6.44. The molecule has 3 aromatic heterocycles. The van der Waals surface area contributed by atoms with Gasteiger partial charge < -0.3 is 10.1 Å². The molecule has 1 amide bonds. The molecule has 7 nitrogen and oxygen atoms in total. The Morgan fingerprint density at radius 1 is 1.16 bits per heavy atom. The lowest BCUT2D eigenvalue weighted by molar-refractivity contribution is -0.142. The van der Waals surface area contributed by atoms with Crippen LogP contribution >= 0.6 is 22.9 Å². The van der Waals surface area contributed by atoms with Crippen LogP contribution < -0.4 is 5.32 Å². The molecule has 0 spiro atoms. The molecule has 1 aromatic carbocycles. The summed E-state index contributed by atoms with van der Waals surface area (Å²) in [6, 6.07) is 8.26. The highest BCUT2D eigenvalue weighted by molar-refractivity contribution is 7.17. The van der Waals surface area contributed by atoms with E-state index in [0.717, 1.165) is 35.8 Å². The first-order chi connectivity index (χ1) is 17.7. The summed E-state index contributed by atoms with van der Waals surface area (Å²) in [4.78, 5) is 31.1. The standard InChI is InChI=1S/C25H20ClF3N4O3S/c1-2-36-24(35)21-15-5-3-4-6-18(15)37-23(21)31-22(34)17-12-20-30-16(13-7-9-14(26)10-8-13)11-19(25(27,28)29)33(20)32-17/h7-12H,2-6H2,1H3,(H,31,34). The SMILES string of the molecule is CCOC(=O)c1c(NC(=O)c2cc3nc(-c4ccc(Cl)cc4)cc(C(F)(F)F)n3n2)sc2c1CCCC2. The molecule has 1 N–H and O–H groups in total. The molecule has 12 heteroatoms. The van der Waals surface area contributed by atoms with E-state index in [2.05, 4.69) is 15.4 Å². The third-order valence-corrected chi connectivity index (χ3v) is 7.43. The number of hydrogen-bond acceptors (Lipinski definition) is 6. The van der Waals surface area contributed by atoms with Gasteiger partial charge in [0.2, 0.25) is 0 Å². The number of carbonyl (C=O) groups is 2. The number of nitrogens with zero attached hydrogens (tertiary/aromatic N) is 3. The summed E-state index contributed by atoms with van der Waals surface area (Å²) in [5.41, 5.74) is 0.131. The first-order valence-electron chi connectivity index (χ1n) is 11.5. The van der Waals surface area contributed by atoms with E-state index in [1.807, 2.05) is 0 Å². The molecule has 0 atom stereocenters. The van der Waals surface area contributed by atoms with Crippen LogP contribution in [-0.4, -0.2) is 33.1 Å². The van der Waals surface area contributed by atoms with Gasteiger partial charge in [-0.25, -0.2) is 14.3 Å². The summed E-state index contributed by atoms with van der Waals surface area (Å²) >= 11 is 7.18. The molecule has 0 unspecified atom stereocenters. The summed E-state index contributed by atoms with van der Waals surface area (Å²) < 4.78 is 47.6. The number of halogens is 4. The van der Waals surface area contributed by atoms with Crippen molar-refractivity contribution in [2.75, 3.05) is 11.9 Å². The first kappa shape index (κ1) is 25.2. The molecule has 0 fully saturated rings. The van der Waals surface area contributed by atoms with Crippen LogP contribution in [-0.2, 0) is 23.8 Å². The normalized spacial score (nSPS) is 13.4. The van der Waals surface area contributed by atoms with Crippen molar-refractivity contribution >= 4 is 45.5 Å². The zero-order chi connectivity index (χ0) is 26.3. The molecule has 5 rings (SSSR count). The number of benzene rings is 1. The second-order valence-electron chi connectivity index (χ2n) is 8.42. The van der Waals surface area contributed by atoms with E-state index in [9.17, 15) is 22.8 Å². The summed E-state index contributed by atoms with van der Waals surface area (Å²) in [6.07, 6.45) is -1.40. The first-order valence-corrected chi connectivity index (χ1v) is 12.7. The largest absolute Gasteiger partial charge is 0.462 e. The number of anilines is 1. The van der Waals surface area contributed by atoms with E-state index in [4.69, 9.17) is 16.3 Å². The molecule has 192 valence electrons. The Labute approximate surface area is 218 Å². The number of hydrogen-bond donors (Lipinski definition) is 1. The number of rotatable bonds is 5. The molecule has 0 bridgehead atoms. The summed E-state index contributed by atoms with van der Waals surface area (Å²) in [6.45, 7) is 1.86. The fourth-order valence-electron chi connectivity index (χ4n) is 4.30. The molecule has 1 aliphatic rings. The number of carbonyl (C=O) groups excluding carboxylic acids is 2. The number of aryl methyl sites for hydroxylation is 1. The second-order valence-corrected chi connectivity index (χ2v) is 9.96. The second kappa shape index (κ2) is 9.79. The molecule has 0 radical (unpaired) electrons. The maximum atomic E-state index is 13.9. The van der Waals surface area contributed by atoms with Gasteiger partial charge >= 0.3 is 12.1 Å². The minimum absolute atomic E-state index is 0.0545. The highest BCUT2D eigenvalue weighted by Gasteiger charge is 2.36. The molecule has 1 aliphatic carbocycles. The maximum Gasteiger partial charge on any atom is 0.433 e. The minimum atomic E-state index is -4.76. The van der Waals surface area contributed by atoms with E-state index in [0.29, 0.717) is 32.1 Å². The predicted molar refractivity (Wildman–Crippen MR) is 133 cm³/mol. The van der Waals surface area contributed by atoms with Gasteiger partial charge in [0.1, 0.15) is 5.00 Å². The highest BCUT2D eigenvalue weighted by Crippen LogP contribution is 2.39. The van der Waals surface area contributed by atoms with Crippen LogP contribution in [0.15, 0.2) is 36.4 Å². The van der Waals surface area contributed by atoms with Gasteiger partial charge in [-0.3, -0.25) is 4.79 Å². The average Bonchev–Trinajstić information content (AvgIpc) is 3.44. The monoisotopic (exact) mass is 548 g/mol. The number of alkyl halides is 3. The highest BCUT2D eigenvalue weighted by atomic mass is 35.5. The zero-order valence-corrected chi connectivity index (χ0v) is 21.1. The molecular weight excluding hydrogens is 529 g/mol. The number of aromatic nitrogens is 3. The van der Waals surface area contributed by atoms with Gasteiger partial charge in [-0.2, -0.15) is 18.3 Å². The maximum absolute atomic E-state index is 13.9. The Kier molecular flexibility index (Phi) is 6.67. The van der Waals surface area contributed by atoms with Gasteiger partial charge in [-0.15, -0.1) is 11.3 Å². The number of esters is 1. The summed E-state index contributed by atoms with van der Waals surface area (Å²) in [7, 11) is 0. The number of fused-ring (bicyclic) bond motifs is 2. The van der Waals surface area contributed by atoms with Crippen molar-refractivity contribution in [2.24, 2.45) is 0 Å². The molecular formula is C25H20ClF3N4O3S. The third kappa shape index (κ3) is 4.93. The fraction of sp³-hybridized carbons (Fsp3) is 0.280. The minimum Gasteiger partial charge on any atom is -0.462 e. The Balaban J connectivity index is 1.54. The van der Waals surface area contributed by atoms with Gasteiger partial charge in [0.25, 0.3) is 5.91 Å². The van der Waals surface area contributed by atoms with E-state index in [-0.39, 0.29) is 23.6 Å². The van der Waals surface area contributed by atoms with E-state index >= 15 is 0 Å². The molecule has 0 saturated carbocycles. The van der Waals surface area contributed by atoms with E-state index in [1.54, 1.807) is 31.2 Å². The number of nitrogens with one attached hydrogen (secondary N) is 1. The van der Waals surface area contributed by atoms with Gasteiger partial charge in [0.15, 0.2) is 17.0 Å². The van der Waals surface area contributed by atoms with Crippen molar-refractivity contribution in [1.82, 2.24) is 14.6 Å². The van der Waals surface area contributed by atoms with Gasteiger partial charge in [0, 0.05) is 21.5 Å².